The molecule has 18 heavy (non-hydrogen) atoms. The molecule has 1 aliphatic rings. The molecule has 0 aromatic heterocycles. The highest BCUT2D eigenvalue weighted by Crippen LogP contribution is 2.29. The molecule has 2 heteroatoms. The molecule has 0 spiro atoms. The molecule has 2 rings (SSSR count). The summed E-state index contributed by atoms with van der Waals surface area (Å²) in [5.41, 5.74) is 1.81. The van der Waals surface area contributed by atoms with Crippen molar-refractivity contribution in [3.63, 3.8) is 0 Å². The molecule has 1 aromatic carbocycles. The molecule has 1 fully saturated rings. The van der Waals surface area contributed by atoms with Gasteiger partial charge in [-0.1, -0.05) is 61.9 Å². The first-order valence-electron chi connectivity index (χ1n) is 7.24. The van der Waals surface area contributed by atoms with Gasteiger partial charge < -0.3 is 5.32 Å². The summed E-state index contributed by atoms with van der Waals surface area (Å²) in [6.45, 7) is 10.6. The van der Waals surface area contributed by atoms with E-state index in [9.17, 15) is 0 Å². The average Bonchev–Trinajstić information content (AvgIpc) is 2.74. The van der Waals surface area contributed by atoms with E-state index in [4.69, 9.17) is 0 Å². The maximum absolute atomic E-state index is 3.74. The van der Waals surface area contributed by atoms with Crippen LogP contribution in [-0.2, 0) is 6.54 Å². The molecular formula is C16H27NSi. The largest absolute Gasteiger partial charge is 0.307 e. The van der Waals surface area contributed by atoms with Gasteiger partial charge in [-0.25, -0.2) is 0 Å². The van der Waals surface area contributed by atoms with Crippen molar-refractivity contribution in [2.24, 2.45) is 0 Å². The fourth-order valence-corrected chi connectivity index (χ4v) is 3.94. The Bertz CT molecular complexity index is 383. The molecule has 0 radical (unpaired) electrons. The van der Waals surface area contributed by atoms with E-state index in [1.807, 2.05) is 0 Å². The van der Waals surface area contributed by atoms with Crippen LogP contribution in [0.3, 0.4) is 0 Å². The van der Waals surface area contributed by atoms with Crippen molar-refractivity contribution in [1.82, 2.24) is 5.32 Å². The van der Waals surface area contributed by atoms with Crippen molar-refractivity contribution < 1.29 is 0 Å². The maximum atomic E-state index is 3.74. The Balaban J connectivity index is 1.94. The first-order chi connectivity index (χ1) is 8.39. The molecule has 0 amide bonds. The van der Waals surface area contributed by atoms with E-state index in [2.05, 4.69) is 56.1 Å². The van der Waals surface area contributed by atoms with Crippen LogP contribution >= 0.6 is 0 Å². The average molecular weight is 261 g/mol. The van der Waals surface area contributed by atoms with Crippen LogP contribution in [0.2, 0.25) is 19.6 Å². The van der Waals surface area contributed by atoms with Gasteiger partial charge in [0.15, 0.2) is 0 Å². The molecule has 0 atom stereocenters. The number of hydrogen-bond acceptors (Lipinski definition) is 1. The monoisotopic (exact) mass is 261 g/mol. The van der Waals surface area contributed by atoms with Crippen LogP contribution in [0.1, 0.15) is 38.2 Å². The van der Waals surface area contributed by atoms with Gasteiger partial charge in [0, 0.05) is 12.1 Å². The molecule has 1 N–H and O–H groups in total. The summed E-state index contributed by atoms with van der Waals surface area (Å²) in [6.07, 6.45) is 5.44. The third kappa shape index (κ3) is 3.45. The van der Waals surface area contributed by atoms with Crippen molar-refractivity contribution in [2.75, 3.05) is 0 Å². The van der Waals surface area contributed by atoms with Crippen molar-refractivity contribution >= 4 is 13.3 Å². The second kappa shape index (κ2) is 5.18. The van der Waals surface area contributed by atoms with Gasteiger partial charge in [-0.2, -0.15) is 0 Å². The lowest BCUT2D eigenvalue weighted by atomic mass is 10.0. The highest BCUT2D eigenvalue weighted by molar-refractivity contribution is 6.88. The molecule has 1 aliphatic carbocycles. The van der Waals surface area contributed by atoms with Gasteiger partial charge in [-0.05, 0) is 25.3 Å². The zero-order chi connectivity index (χ0) is 13.2. The Morgan fingerprint density at radius 3 is 2.11 bits per heavy atom. The van der Waals surface area contributed by atoms with E-state index >= 15 is 0 Å². The molecule has 0 unspecified atom stereocenters. The first kappa shape index (κ1) is 13.8. The van der Waals surface area contributed by atoms with Crippen LogP contribution < -0.4 is 10.5 Å². The van der Waals surface area contributed by atoms with Crippen molar-refractivity contribution in [1.29, 1.82) is 0 Å². The molecule has 0 saturated heterocycles. The number of hydrogen-bond donors (Lipinski definition) is 1. The maximum Gasteiger partial charge on any atom is 0.0775 e. The van der Waals surface area contributed by atoms with E-state index in [1.165, 1.54) is 31.2 Å². The minimum absolute atomic E-state index is 0.386. The van der Waals surface area contributed by atoms with Gasteiger partial charge in [0.25, 0.3) is 0 Å². The van der Waals surface area contributed by atoms with Crippen molar-refractivity contribution in [2.45, 2.75) is 64.3 Å². The molecule has 0 bridgehead atoms. The number of rotatable bonds is 4. The Labute approximate surface area is 113 Å². The number of benzene rings is 1. The number of nitrogens with one attached hydrogen (secondary N) is 1. The highest BCUT2D eigenvalue weighted by Gasteiger charge is 2.27. The fraction of sp³-hybridized carbons (Fsp3) is 0.625. The van der Waals surface area contributed by atoms with E-state index < -0.39 is 8.07 Å². The highest BCUT2D eigenvalue weighted by atomic mass is 28.3. The van der Waals surface area contributed by atoms with Gasteiger partial charge in [-0.3, -0.25) is 0 Å². The van der Waals surface area contributed by atoms with Crippen LogP contribution in [0.25, 0.3) is 0 Å². The predicted molar refractivity (Wildman–Crippen MR) is 83.1 cm³/mol. The Morgan fingerprint density at radius 1 is 1.06 bits per heavy atom. The van der Waals surface area contributed by atoms with Gasteiger partial charge in [0.1, 0.15) is 0 Å². The minimum Gasteiger partial charge on any atom is -0.307 e. The van der Waals surface area contributed by atoms with Crippen LogP contribution in [0.5, 0.6) is 0 Å². The zero-order valence-corrected chi connectivity index (χ0v) is 13.3. The summed E-state index contributed by atoms with van der Waals surface area (Å²) in [4.78, 5) is 0. The first-order valence-corrected chi connectivity index (χ1v) is 10.7. The summed E-state index contributed by atoms with van der Waals surface area (Å²) in [5, 5.41) is 5.30. The SMILES string of the molecule is CC1(NCc2ccc([Si](C)(C)C)cc2)CCCC1. The van der Waals surface area contributed by atoms with Crippen molar-refractivity contribution in [3.05, 3.63) is 29.8 Å². The van der Waals surface area contributed by atoms with E-state index in [1.54, 1.807) is 5.19 Å². The minimum atomic E-state index is -1.14. The Kier molecular flexibility index (Phi) is 3.98. The summed E-state index contributed by atoms with van der Waals surface area (Å²) in [5.74, 6) is 0. The third-order valence-corrected chi connectivity index (χ3v) is 6.31. The predicted octanol–water partition coefficient (Wildman–Crippen LogP) is 3.65. The quantitative estimate of drug-likeness (QED) is 0.816. The fourth-order valence-electron chi connectivity index (χ4n) is 2.77. The van der Waals surface area contributed by atoms with Crippen LogP contribution in [0.15, 0.2) is 24.3 Å². The second-order valence-corrected chi connectivity index (χ2v) is 12.1. The molecule has 0 aliphatic heterocycles. The van der Waals surface area contributed by atoms with Gasteiger partial charge in [0.2, 0.25) is 0 Å². The van der Waals surface area contributed by atoms with Crippen LogP contribution in [-0.4, -0.2) is 13.6 Å². The van der Waals surface area contributed by atoms with Gasteiger partial charge in [0.05, 0.1) is 8.07 Å². The lowest BCUT2D eigenvalue weighted by Gasteiger charge is -2.25. The molecule has 100 valence electrons. The van der Waals surface area contributed by atoms with Crippen LogP contribution in [0.4, 0.5) is 0 Å². The van der Waals surface area contributed by atoms with E-state index in [-0.39, 0.29) is 0 Å². The zero-order valence-electron chi connectivity index (χ0n) is 12.3. The molecule has 1 saturated carbocycles. The van der Waals surface area contributed by atoms with Gasteiger partial charge in [-0.15, -0.1) is 0 Å². The topological polar surface area (TPSA) is 12.0 Å². The second-order valence-electron chi connectivity index (χ2n) is 7.07. The lowest BCUT2D eigenvalue weighted by molar-refractivity contribution is 0.363. The van der Waals surface area contributed by atoms with E-state index in [0.29, 0.717) is 5.54 Å². The Morgan fingerprint density at radius 2 is 1.61 bits per heavy atom. The third-order valence-electron chi connectivity index (χ3n) is 4.25. The Hall–Kier alpha value is -0.603. The molecule has 1 nitrogen and oxygen atoms in total. The summed E-state index contributed by atoms with van der Waals surface area (Å²) in [7, 11) is -1.14. The molecule has 0 heterocycles. The molecule has 1 aromatic rings. The standard InChI is InChI=1S/C16H27NSi/c1-16(11-5-6-12-16)17-13-14-7-9-15(10-8-14)18(2,3)4/h7-10,17H,5-6,11-13H2,1-4H3. The van der Waals surface area contributed by atoms with Gasteiger partial charge >= 0.3 is 0 Å². The lowest BCUT2D eigenvalue weighted by Crippen LogP contribution is -2.39. The van der Waals surface area contributed by atoms with Crippen molar-refractivity contribution in [3.8, 4) is 0 Å². The summed E-state index contributed by atoms with van der Waals surface area (Å²) < 4.78 is 0. The smallest absolute Gasteiger partial charge is 0.0775 e. The van der Waals surface area contributed by atoms with Crippen LogP contribution in [0, 0.1) is 0 Å². The summed E-state index contributed by atoms with van der Waals surface area (Å²) in [6, 6.07) is 9.28. The molecular weight excluding hydrogens is 234 g/mol. The van der Waals surface area contributed by atoms with E-state index in [0.717, 1.165) is 6.54 Å². The normalized spacial score (nSPS) is 19.1. The summed E-state index contributed by atoms with van der Waals surface area (Å²) >= 11 is 0.